The van der Waals surface area contributed by atoms with E-state index in [4.69, 9.17) is 0 Å². The van der Waals surface area contributed by atoms with Crippen LogP contribution in [0.4, 0.5) is 5.69 Å². The van der Waals surface area contributed by atoms with Crippen molar-refractivity contribution in [2.75, 3.05) is 44.2 Å². The average Bonchev–Trinajstić information content (AvgIpc) is 2.69. The van der Waals surface area contributed by atoms with Crippen molar-refractivity contribution >= 4 is 11.6 Å². The Morgan fingerprint density at radius 3 is 2.38 bits per heavy atom. The number of amides is 1. The second kappa shape index (κ2) is 7.87. The monoisotopic (exact) mass is 357 g/mol. The summed E-state index contributed by atoms with van der Waals surface area (Å²) in [6.07, 6.45) is 7.67. The predicted molar refractivity (Wildman–Crippen MR) is 103 cm³/mol. The van der Waals surface area contributed by atoms with E-state index in [0.717, 1.165) is 44.3 Å². The van der Waals surface area contributed by atoms with Crippen molar-refractivity contribution in [3.63, 3.8) is 0 Å². The van der Waals surface area contributed by atoms with Crippen LogP contribution >= 0.6 is 0 Å². The van der Waals surface area contributed by atoms with Crippen molar-refractivity contribution in [2.45, 2.75) is 44.6 Å². The Kier molecular flexibility index (Phi) is 5.34. The molecule has 3 aliphatic rings. The molecule has 2 aliphatic heterocycles. The Hall–Kier alpha value is -1.75. The highest BCUT2D eigenvalue weighted by Gasteiger charge is 2.36. The fourth-order valence-corrected chi connectivity index (χ4v) is 5.04. The van der Waals surface area contributed by atoms with Crippen LogP contribution in [-0.2, 0) is 4.79 Å². The minimum Gasteiger partial charge on any atom is -0.508 e. The third-order valence-electron chi connectivity index (χ3n) is 6.51. The normalized spacial score (nSPS) is 27.2. The summed E-state index contributed by atoms with van der Waals surface area (Å²) in [5.74, 6) is 1.41. The summed E-state index contributed by atoms with van der Waals surface area (Å²) in [4.78, 5) is 19.8. The molecule has 5 heteroatoms. The standard InChI is InChI=1S/C21H31N3O2/c25-19-9-7-18(8-10-19)23-14-12-22(13-15-23)16-21(26)24-11-3-5-17-4-1-2-6-20(17)24/h7-10,17,20,25H,1-6,11-16H2. The minimum atomic E-state index is 0.306. The average molecular weight is 357 g/mol. The van der Waals surface area contributed by atoms with Gasteiger partial charge in [-0.2, -0.15) is 0 Å². The van der Waals surface area contributed by atoms with E-state index in [1.807, 2.05) is 12.1 Å². The first kappa shape index (κ1) is 17.7. The minimum absolute atomic E-state index is 0.306. The summed E-state index contributed by atoms with van der Waals surface area (Å²) in [6, 6.07) is 7.92. The van der Waals surface area contributed by atoms with Crippen molar-refractivity contribution < 1.29 is 9.90 Å². The molecule has 1 amide bonds. The van der Waals surface area contributed by atoms with Crippen LogP contribution in [0.25, 0.3) is 0 Å². The number of benzene rings is 1. The molecule has 2 atom stereocenters. The topological polar surface area (TPSA) is 47.0 Å². The number of aromatic hydroxyl groups is 1. The van der Waals surface area contributed by atoms with Gasteiger partial charge >= 0.3 is 0 Å². The van der Waals surface area contributed by atoms with Gasteiger partial charge in [0.1, 0.15) is 5.75 Å². The molecule has 1 aromatic carbocycles. The molecule has 4 rings (SSSR count). The maximum Gasteiger partial charge on any atom is 0.237 e. The highest BCUT2D eigenvalue weighted by Crippen LogP contribution is 2.35. The number of piperazine rings is 1. The molecule has 1 aromatic rings. The van der Waals surface area contributed by atoms with E-state index in [9.17, 15) is 9.90 Å². The Balaban J connectivity index is 1.29. The quantitative estimate of drug-likeness (QED) is 0.904. The summed E-state index contributed by atoms with van der Waals surface area (Å²) in [7, 11) is 0. The van der Waals surface area contributed by atoms with Crippen LogP contribution in [0.5, 0.6) is 5.75 Å². The molecular formula is C21H31N3O2. The van der Waals surface area contributed by atoms with Gasteiger partial charge in [0.15, 0.2) is 0 Å². The van der Waals surface area contributed by atoms with E-state index in [0.29, 0.717) is 24.2 Å². The summed E-state index contributed by atoms with van der Waals surface area (Å²) in [5.41, 5.74) is 1.15. The number of carbonyl (C=O) groups is 1. The number of nitrogens with zero attached hydrogens (tertiary/aromatic N) is 3. The molecule has 26 heavy (non-hydrogen) atoms. The van der Waals surface area contributed by atoms with Gasteiger partial charge in [-0.1, -0.05) is 12.8 Å². The second-order valence-corrected chi connectivity index (χ2v) is 8.12. The lowest BCUT2D eigenvalue weighted by atomic mass is 9.78. The Labute approximate surface area is 156 Å². The van der Waals surface area contributed by atoms with Gasteiger partial charge in [-0.05, 0) is 55.9 Å². The molecule has 1 aliphatic carbocycles. The van der Waals surface area contributed by atoms with Crippen molar-refractivity contribution in [1.29, 1.82) is 0 Å². The molecule has 5 nitrogen and oxygen atoms in total. The molecule has 0 bridgehead atoms. The van der Waals surface area contributed by atoms with E-state index in [1.54, 1.807) is 12.1 Å². The zero-order valence-electron chi connectivity index (χ0n) is 15.6. The zero-order chi connectivity index (χ0) is 17.9. The Morgan fingerprint density at radius 2 is 1.62 bits per heavy atom. The molecule has 0 radical (unpaired) electrons. The number of hydrogen-bond donors (Lipinski definition) is 1. The van der Waals surface area contributed by atoms with Crippen LogP contribution in [0.3, 0.4) is 0 Å². The van der Waals surface area contributed by atoms with Gasteiger partial charge in [-0.25, -0.2) is 0 Å². The number of carbonyl (C=O) groups excluding carboxylic acids is 1. The first-order valence-corrected chi connectivity index (χ1v) is 10.3. The maximum absolute atomic E-state index is 13.0. The van der Waals surface area contributed by atoms with Gasteiger partial charge in [-0.15, -0.1) is 0 Å². The highest BCUT2D eigenvalue weighted by molar-refractivity contribution is 5.78. The van der Waals surface area contributed by atoms with Crippen molar-refractivity contribution in [1.82, 2.24) is 9.80 Å². The van der Waals surface area contributed by atoms with Crippen molar-refractivity contribution in [3.05, 3.63) is 24.3 Å². The fourth-order valence-electron chi connectivity index (χ4n) is 5.04. The van der Waals surface area contributed by atoms with Gasteiger partial charge in [0.2, 0.25) is 5.91 Å². The van der Waals surface area contributed by atoms with Gasteiger partial charge in [-0.3, -0.25) is 9.69 Å². The third kappa shape index (κ3) is 3.83. The summed E-state index contributed by atoms with van der Waals surface area (Å²) in [5, 5.41) is 9.43. The number of likely N-dealkylation sites (tertiary alicyclic amines) is 1. The van der Waals surface area contributed by atoms with Gasteiger partial charge in [0.25, 0.3) is 0 Å². The number of piperidine rings is 1. The van der Waals surface area contributed by atoms with E-state index in [-0.39, 0.29) is 0 Å². The van der Waals surface area contributed by atoms with Crippen LogP contribution in [0.1, 0.15) is 38.5 Å². The Morgan fingerprint density at radius 1 is 0.923 bits per heavy atom. The molecule has 2 saturated heterocycles. The van der Waals surface area contributed by atoms with Crippen LogP contribution in [0, 0.1) is 5.92 Å². The number of anilines is 1. The largest absolute Gasteiger partial charge is 0.508 e. The van der Waals surface area contributed by atoms with E-state index in [1.165, 1.54) is 38.5 Å². The summed E-state index contributed by atoms with van der Waals surface area (Å²) < 4.78 is 0. The molecule has 0 aromatic heterocycles. The number of hydrogen-bond acceptors (Lipinski definition) is 4. The maximum atomic E-state index is 13.0. The number of rotatable bonds is 3. The van der Waals surface area contributed by atoms with Crippen LogP contribution in [0.2, 0.25) is 0 Å². The molecule has 1 N–H and O–H groups in total. The first-order chi connectivity index (χ1) is 12.7. The van der Waals surface area contributed by atoms with Crippen molar-refractivity contribution in [2.24, 2.45) is 5.92 Å². The van der Waals surface area contributed by atoms with E-state index in [2.05, 4.69) is 14.7 Å². The second-order valence-electron chi connectivity index (χ2n) is 8.12. The van der Waals surface area contributed by atoms with Gasteiger partial charge < -0.3 is 14.9 Å². The summed E-state index contributed by atoms with van der Waals surface area (Å²) in [6.45, 7) is 5.26. The van der Waals surface area contributed by atoms with Crippen LogP contribution < -0.4 is 4.90 Å². The van der Waals surface area contributed by atoms with Gasteiger partial charge in [0.05, 0.1) is 6.54 Å². The fraction of sp³-hybridized carbons (Fsp3) is 0.667. The van der Waals surface area contributed by atoms with Crippen LogP contribution in [0.15, 0.2) is 24.3 Å². The molecule has 0 spiro atoms. The molecule has 3 fully saturated rings. The van der Waals surface area contributed by atoms with Crippen molar-refractivity contribution in [3.8, 4) is 5.75 Å². The molecular weight excluding hydrogens is 326 g/mol. The number of fused-ring (bicyclic) bond motifs is 1. The van der Waals surface area contributed by atoms with Crippen LogP contribution in [-0.4, -0.2) is 66.1 Å². The molecule has 142 valence electrons. The molecule has 2 heterocycles. The lowest BCUT2D eigenvalue weighted by molar-refractivity contribution is -0.138. The lowest BCUT2D eigenvalue weighted by Crippen LogP contribution is -2.54. The smallest absolute Gasteiger partial charge is 0.237 e. The predicted octanol–water partition coefficient (Wildman–Crippen LogP) is 2.70. The van der Waals surface area contributed by atoms with Gasteiger partial charge in [0, 0.05) is 44.5 Å². The highest BCUT2D eigenvalue weighted by atomic mass is 16.3. The number of phenolic OH excluding ortho intramolecular Hbond substituents is 1. The number of phenols is 1. The SMILES string of the molecule is O=C(CN1CCN(c2ccc(O)cc2)CC1)N1CCCC2CCCCC21. The first-order valence-electron chi connectivity index (χ1n) is 10.3. The third-order valence-corrected chi connectivity index (χ3v) is 6.51. The molecule has 1 saturated carbocycles. The summed E-state index contributed by atoms with van der Waals surface area (Å²) >= 11 is 0. The Bertz CT molecular complexity index is 608. The zero-order valence-corrected chi connectivity index (χ0v) is 15.6. The molecule has 2 unspecified atom stereocenters. The van der Waals surface area contributed by atoms with E-state index >= 15 is 0 Å². The van der Waals surface area contributed by atoms with E-state index < -0.39 is 0 Å². The lowest BCUT2D eigenvalue weighted by Gasteiger charge is -2.45.